The van der Waals surface area contributed by atoms with Gasteiger partial charge in [0.15, 0.2) is 5.78 Å². The van der Waals surface area contributed by atoms with Crippen LogP contribution in [0, 0.1) is 13.8 Å². The second-order valence-corrected chi connectivity index (χ2v) is 7.20. The van der Waals surface area contributed by atoms with Crippen molar-refractivity contribution in [2.45, 2.75) is 65.8 Å². The summed E-state index contributed by atoms with van der Waals surface area (Å²) in [7, 11) is 0. The molecule has 1 N–H and O–H groups in total. The molecule has 0 radical (unpaired) electrons. The largest absolute Gasteiger partial charge is 0.464 e. The van der Waals surface area contributed by atoms with Crippen molar-refractivity contribution in [1.82, 2.24) is 9.88 Å². The van der Waals surface area contributed by atoms with Crippen LogP contribution in [0.5, 0.6) is 0 Å². The highest BCUT2D eigenvalue weighted by Gasteiger charge is 2.32. The fourth-order valence-electron chi connectivity index (χ4n) is 4.11. The number of hydrogen-bond donors (Lipinski definition) is 1. The quantitative estimate of drug-likeness (QED) is 0.804. The SMILES string of the molecule is CCc1c(C(=O)N2CCCCC[C@@H]2c2ccc(C)o2)[nH]c(C)c1C(C)=O. The Balaban J connectivity index is 2.01. The maximum absolute atomic E-state index is 13.5. The molecule has 2 aromatic heterocycles. The van der Waals surface area contributed by atoms with Gasteiger partial charge in [0.25, 0.3) is 5.91 Å². The highest BCUT2D eigenvalue weighted by molar-refractivity contribution is 6.02. The lowest BCUT2D eigenvalue weighted by atomic mass is 10.0. The summed E-state index contributed by atoms with van der Waals surface area (Å²) >= 11 is 0. The summed E-state index contributed by atoms with van der Waals surface area (Å²) < 4.78 is 5.86. The monoisotopic (exact) mass is 356 g/mol. The molecule has 0 spiro atoms. The second kappa shape index (κ2) is 7.52. The number of rotatable bonds is 4. The van der Waals surface area contributed by atoms with Gasteiger partial charge in [0.1, 0.15) is 17.2 Å². The van der Waals surface area contributed by atoms with Crippen LogP contribution in [0.1, 0.15) is 89.2 Å². The average molecular weight is 356 g/mol. The Morgan fingerprint density at radius 1 is 1.23 bits per heavy atom. The number of amides is 1. The van der Waals surface area contributed by atoms with E-state index in [0.29, 0.717) is 24.2 Å². The highest BCUT2D eigenvalue weighted by Crippen LogP contribution is 2.33. The summed E-state index contributed by atoms with van der Waals surface area (Å²) in [5.74, 6) is 1.69. The number of H-pyrrole nitrogens is 1. The van der Waals surface area contributed by atoms with E-state index in [2.05, 4.69) is 4.98 Å². The number of ketones is 1. The molecule has 3 rings (SSSR count). The number of furan rings is 1. The summed E-state index contributed by atoms with van der Waals surface area (Å²) in [5, 5.41) is 0. The molecule has 5 heteroatoms. The van der Waals surface area contributed by atoms with Gasteiger partial charge < -0.3 is 14.3 Å². The molecule has 0 aromatic carbocycles. The van der Waals surface area contributed by atoms with E-state index in [1.807, 2.05) is 37.8 Å². The first-order valence-corrected chi connectivity index (χ1v) is 9.53. The summed E-state index contributed by atoms with van der Waals surface area (Å²) in [6.45, 7) is 8.04. The third-order valence-corrected chi connectivity index (χ3v) is 5.31. The summed E-state index contributed by atoms with van der Waals surface area (Å²) in [6, 6.07) is 3.88. The van der Waals surface area contributed by atoms with E-state index < -0.39 is 0 Å². The van der Waals surface area contributed by atoms with Crippen LogP contribution < -0.4 is 0 Å². The minimum absolute atomic E-state index is 0.00345. The summed E-state index contributed by atoms with van der Waals surface area (Å²) in [6.07, 6.45) is 4.74. The van der Waals surface area contributed by atoms with E-state index in [1.54, 1.807) is 6.92 Å². The van der Waals surface area contributed by atoms with Crippen molar-refractivity contribution in [2.24, 2.45) is 0 Å². The molecule has 5 nitrogen and oxygen atoms in total. The number of carbonyl (C=O) groups is 2. The van der Waals surface area contributed by atoms with Gasteiger partial charge in [-0.15, -0.1) is 0 Å². The maximum atomic E-state index is 13.5. The number of aromatic amines is 1. The van der Waals surface area contributed by atoms with Gasteiger partial charge in [-0.25, -0.2) is 0 Å². The topological polar surface area (TPSA) is 66.3 Å². The summed E-state index contributed by atoms with van der Waals surface area (Å²) in [4.78, 5) is 30.6. The molecule has 0 bridgehead atoms. The first kappa shape index (κ1) is 18.5. The standard InChI is InChI=1S/C21H28N2O3/c1-5-16-19(15(4)24)14(3)22-20(16)21(25)23-12-8-6-7-9-17(23)18-11-10-13(2)26-18/h10-11,17,22H,5-9,12H2,1-4H3/t17-/m1/s1. The molecule has 1 saturated heterocycles. The molecule has 1 aliphatic heterocycles. The minimum Gasteiger partial charge on any atom is -0.464 e. The molecule has 1 atom stereocenters. The third kappa shape index (κ3) is 3.35. The number of nitrogens with zero attached hydrogens (tertiary/aromatic N) is 1. The zero-order valence-corrected chi connectivity index (χ0v) is 16.1. The van der Waals surface area contributed by atoms with Crippen molar-refractivity contribution in [2.75, 3.05) is 6.54 Å². The average Bonchev–Trinajstić information content (AvgIpc) is 3.08. The van der Waals surface area contributed by atoms with E-state index in [1.165, 1.54) is 0 Å². The molecule has 2 aromatic rings. The van der Waals surface area contributed by atoms with Gasteiger partial charge in [-0.1, -0.05) is 19.8 Å². The van der Waals surface area contributed by atoms with Gasteiger partial charge in [-0.2, -0.15) is 0 Å². The predicted molar refractivity (Wildman–Crippen MR) is 101 cm³/mol. The van der Waals surface area contributed by atoms with Crippen molar-refractivity contribution in [3.63, 3.8) is 0 Å². The van der Waals surface area contributed by atoms with Crippen LogP contribution in [0.3, 0.4) is 0 Å². The number of carbonyl (C=O) groups excluding carboxylic acids is 2. The fourth-order valence-corrected chi connectivity index (χ4v) is 4.11. The van der Waals surface area contributed by atoms with Crippen LogP contribution in [-0.2, 0) is 6.42 Å². The second-order valence-electron chi connectivity index (χ2n) is 7.20. The van der Waals surface area contributed by atoms with E-state index in [9.17, 15) is 9.59 Å². The molecule has 140 valence electrons. The predicted octanol–water partition coefficient (Wildman–Crippen LogP) is 4.75. The van der Waals surface area contributed by atoms with Crippen LogP contribution >= 0.6 is 0 Å². The minimum atomic E-state index is -0.0483. The van der Waals surface area contributed by atoms with Gasteiger partial charge in [0.2, 0.25) is 0 Å². The zero-order chi connectivity index (χ0) is 18.8. The highest BCUT2D eigenvalue weighted by atomic mass is 16.3. The van der Waals surface area contributed by atoms with E-state index in [0.717, 1.165) is 48.5 Å². The molecule has 1 amide bonds. The van der Waals surface area contributed by atoms with Crippen molar-refractivity contribution in [3.05, 3.63) is 46.2 Å². The number of aryl methyl sites for hydroxylation is 2. The molecule has 1 aliphatic rings. The van der Waals surface area contributed by atoms with Crippen LogP contribution in [0.15, 0.2) is 16.5 Å². The Morgan fingerprint density at radius 3 is 2.62 bits per heavy atom. The molecule has 3 heterocycles. The molecule has 0 unspecified atom stereocenters. The van der Waals surface area contributed by atoms with Crippen molar-refractivity contribution in [3.8, 4) is 0 Å². The van der Waals surface area contributed by atoms with Crippen molar-refractivity contribution >= 4 is 11.7 Å². The maximum Gasteiger partial charge on any atom is 0.271 e. The lowest BCUT2D eigenvalue weighted by Crippen LogP contribution is -2.35. The van der Waals surface area contributed by atoms with Gasteiger partial charge in [0.05, 0.1) is 6.04 Å². The van der Waals surface area contributed by atoms with E-state index in [-0.39, 0.29) is 17.7 Å². The first-order valence-electron chi connectivity index (χ1n) is 9.53. The Hall–Kier alpha value is -2.30. The fraction of sp³-hybridized carbons (Fsp3) is 0.524. The normalized spacial score (nSPS) is 18.0. The Labute approximate surface area is 154 Å². The van der Waals surface area contributed by atoms with Crippen LogP contribution in [0.2, 0.25) is 0 Å². The summed E-state index contributed by atoms with van der Waals surface area (Å²) in [5.41, 5.74) is 2.83. The molecule has 1 fully saturated rings. The number of aromatic nitrogens is 1. The van der Waals surface area contributed by atoms with E-state index in [4.69, 9.17) is 4.42 Å². The third-order valence-electron chi connectivity index (χ3n) is 5.31. The van der Waals surface area contributed by atoms with Crippen LogP contribution in [0.25, 0.3) is 0 Å². The van der Waals surface area contributed by atoms with Crippen LogP contribution in [0.4, 0.5) is 0 Å². The zero-order valence-electron chi connectivity index (χ0n) is 16.1. The smallest absolute Gasteiger partial charge is 0.271 e. The van der Waals surface area contributed by atoms with Gasteiger partial charge in [-0.3, -0.25) is 9.59 Å². The Kier molecular flexibility index (Phi) is 5.35. The van der Waals surface area contributed by atoms with Gasteiger partial charge >= 0.3 is 0 Å². The first-order chi connectivity index (χ1) is 12.4. The van der Waals surface area contributed by atoms with Gasteiger partial charge in [-0.05, 0) is 57.7 Å². The van der Waals surface area contributed by atoms with Gasteiger partial charge in [0, 0.05) is 17.8 Å². The Bertz CT molecular complexity index is 815. The molecule has 0 aliphatic carbocycles. The lowest BCUT2D eigenvalue weighted by Gasteiger charge is -2.28. The number of nitrogens with one attached hydrogen (secondary N) is 1. The molecular formula is C21H28N2O3. The lowest BCUT2D eigenvalue weighted by molar-refractivity contribution is 0.0651. The Morgan fingerprint density at radius 2 is 2.00 bits per heavy atom. The number of Topliss-reactive ketones (excluding diaryl/α,β-unsaturated/α-hetero) is 1. The number of hydrogen-bond acceptors (Lipinski definition) is 3. The molecule has 0 saturated carbocycles. The van der Waals surface area contributed by atoms with Crippen LogP contribution in [-0.4, -0.2) is 28.1 Å². The molecular weight excluding hydrogens is 328 g/mol. The molecule has 26 heavy (non-hydrogen) atoms. The number of likely N-dealkylation sites (tertiary alicyclic amines) is 1. The van der Waals surface area contributed by atoms with Crippen molar-refractivity contribution in [1.29, 1.82) is 0 Å². The van der Waals surface area contributed by atoms with E-state index >= 15 is 0 Å². The van der Waals surface area contributed by atoms with Crippen molar-refractivity contribution < 1.29 is 14.0 Å².